The van der Waals surface area contributed by atoms with Crippen LogP contribution in [0.3, 0.4) is 0 Å². The summed E-state index contributed by atoms with van der Waals surface area (Å²) < 4.78 is 77.5. The minimum Gasteiger partial charge on any atom is -0.472 e. The second-order valence-corrected chi connectivity index (χ2v) is 22.8. The van der Waals surface area contributed by atoms with Crippen molar-refractivity contribution in [1.82, 2.24) is 19.9 Å². The van der Waals surface area contributed by atoms with Gasteiger partial charge in [0.05, 0.1) is 18.2 Å². The number of rotatable bonds is 10. The first-order valence-electron chi connectivity index (χ1n) is 18.6. The highest BCUT2D eigenvalue weighted by atomic mass is 32.2. The summed E-state index contributed by atoms with van der Waals surface area (Å²) in [6.45, 7) is 16.8. The van der Waals surface area contributed by atoms with Gasteiger partial charge in [-0.3, -0.25) is 0 Å². The monoisotopic (exact) mass is 802 g/mol. The third kappa shape index (κ3) is 7.25. The number of aromatic nitrogens is 4. The first-order valence-corrected chi connectivity index (χ1v) is 22.7. The van der Waals surface area contributed by atoms with Crippen LogP contribution in [0.25, 0.3) is 32.9 Å². The number of hydrogen-bond acceptors (Lipinski definition) is 11. The topological polar surface area (TPSA) is 143 Å². The van der Waals surface area contributed by atoms with Crippen LogP contribution >= 0.6 is 0 Å². The SMILES string of the molecule is COCOc1cc(-c2nc3c4c(nc(S(C)(=O)=O)nc4c2F)N(C(C)c2cccnc2N)C[C@H](C)O3)c2c(C#C[Si](C(C)C)(C(C)C)C(C)C)c(F)ccc2c1. The van der Waals surface area contributed by atoms with Gasteiger partial charge in [-0.25, -0.2) is 37.1 Å². The molecule has 15 heteroatoms. The molecule has 0 saturated carbocycles. The highest BCUT2D eigenvalue weighted by Crippen LogP contribution is 2.45. The number of ether oxygens (including phenoxy) is 3. The van der Waals surface area contributed by atoms with Crippen LogP contribution in [0.15, 0.2) is 47.8 Å². The fourth-order valence-electron chi connectivity index (χ4n) is 8.16. The van der Waals surface area contributed by atoms with E-state index in [1.54, 1.807) is 35.4 Å². The standard InChI is InChI=1S/C41H48F2N6O5SSi/c1-22(2)56(23(3)4,24(5)6)17-15-30-32(42)14-13-27-18-28(53-21-52-9)19-31(33(27)30)36-35(43)37-34-39(48-41(47-37)55(10,50)51)49(20-25(7)54-40(34)46-36)26(8)29-12-11-16-45-38(29)44/h11-14,16,18-19,22-26H,20-21H2,1-10H3,(H2,44,45)/t25-,26?/m0/s1. The molecule has 4 heterocycles. The summed E-state index contributed by atoms with van der Waals surface area (Å²) in [4.78, 5) is 19.6. The molecule has 0 bridgehead atoms. The van der Waals surface area contributed by atoms with E-state index in [2.05, 4.69) is 68.0 Å². The zero-order chi connectivity index (χ0) is 40.9. The van der Waals surface area contributed by atoms with E-state index in [0.29, 0.717) is 22.1 Å². The maximum absolute atomic E-state index is 17.6. The van der Waals surface area contributed by atoms with Crippen LogP contribution in [0.2, 0.25) is 16.6 Å². The normalized spacial score (nSPS) is 15.3. The van der Waals surface area contributed by atoms with Gasteiger partial charge in [0, 0.05) is 36.1 Å². The second-order valence-electron chi connectivity index (χ2n) is 15.3. The number of halogens is 2. The average Bonchev–Trinajstić information content (AvgIpc) is 3.27. The molecule has 2 N–H and O–H groups in total. The number of sulfone groups is 1. The third-order valence-electron chi connectivity index (χ3n) is 10.8. The van der Waals surface area contributed by atoms with E-state index in [1.165, 1.54) is 13.2 Å². The summed E-state index contributed by atoms with van der Waals surface area (Å²) in [6.07, 6.45) is 1.96. The van der Waals surface area contributed by atoms with Crippen molar-refractivity contribution in [3.63, 3.8) is 0 Å². The minimum absolute atomic E-state index is 0.0287. The van der Waals surface area contributed by atoms with Crippen molar-refractivity contribution in [1.29, 1.82) is 0 Å². The largest absolute Gasteiger partial charge is 0.472 e. The number of hydrogen-bond donors (Lipinski definition) is 1. The van der Waals surface area contributed by atoms with Crippen LogP contribution in [0.1, 0.15) is 72.6 Å². The molecule has 1 unspecified atom stereocenters. The summed E-state index contributed by atoms with van der Waals surface area (Å²) in [5.74, 6) is 2.36. The van der Waals surface area contributed by atoms with E-state index >= 15 is 8.78 Å². The van der Waals surface area contributed by atoms with E-state index in [0.717, 1.165) is 6.26 Å². The Morgan fingerprint density at radius 1 is 1.02 bits per heavy atom. The molecule has 3 aromatic heterocycles. The molecule has 0 amide bonds. The van der Waals surface area contributed by atoms with Gasteiger partial charge in [-0.15, -0.1) is 5.54 Å². The smallest absolute Gasteiger partial charge is 0.249 e. The predicted molar refractivity (Wildman–Crippen MR) is 218 cm³/mol. The highest BCUT2D eigenvalue weighted by Gasteiger charge is 2.42. The molecule has 56 heavy (non-hydrogen) atoms. The number of pyridine rings is 2. The molecular formula is C41H48F2N6O5SSi. The zero-order valence-corrected chi connectivity index (χ0v) is 35.2. The Labute approximate surface area is 327 Å². The molecule has 296 valence electrons. The molecule has 0 radical (unpaired) electrons. The van der Waals surface area contributed by atoms with E-state index < -0.39 is 46.8 Å². The number of benzene rings is 2. The maximum atomic E-state index is 17.6. The van der Waals surface area contributed by atoms with Crippen LogP contribution in [0, 0.1) is 23.1 Å². The lowest BCUT2D eigenvalue weighted by atomic mass is 9.95. The van der Waals surface area contributed by atoms with Gasteiger partial charge in [0.2, 0.25) is 20.9 Å². The van der Waals surface area contributed by atoms with E-state index in [-0.39, 0.29) is 75.2 Å². The Balaban J connectivity index is 1.73. The van der Waals surface area contributed by atoms with Gasteiger partial charge in [0.1, 0.15) is 54.0 Å². The quantitative estimate of drug-likeness (QED) is 0.0630. The lowest BCUT2D eigenvalue weighted by Crippen LogP contribution is -2.43. The van der Waals surface area contributed by atoms with Gasteiger partial charge in [0.25, 0.3) is 0 Å². The average molecular weight is 803 g/mol. The maximum Gasteiger partial charge on any atom is 0.249 e. The van der Waals surface area contributed by atoms with Crippen molar-refractivity contribution in [2.24, 2.45) is 0 Å². The second kappa shape index (κ2) is 15.6. The molecule has 11 nitrogen and oxygen atoms in total. The summed E-state index contributed by atoms with van der Waals surface area (Å²) in [6, 6.07) is 9.22. The predicted octanol–water partition coefficient (Wildman–Crippen LogP) is 8.40. The Morgan fingerprint density at radius 3 is 2.34 bits per heavy atom. The summed E-state index contributed by atoms with van der Waals surface area (Å²) in [5.41, 5.74) is 11.0. The summed E-state index contributed by atoms with van der Waals surface area (Å²) in [7, 11) is -4.96. The summed E-state index contributed by atoms with van der Waals surface area (Å²) in [5, 5.41) is 0.299. The van der Waals surface area contributed by atoms with Crippen molar-refractivity contribution in [2.75, 3.05) is 37.3 Å². The Morgan fingerprint density at radius 2 is 1.71 bits per heavy atom. The summed E-state index contributed by atoms with van der Waals surface area (Å²) >= 11 is 0. The van der Waals surface area contributed by atoms with Crippen LogP contribution in [-0.2, 0) is 14.6 Å². The molecule has 2 aromatic carbocycles. The van der Waals surface area contributed by atoms with Gasteiger partial charge in [0.15, 0.2) is 12.6 Å². The first kappa shape index (κ1) is 40.7. The van der Waals surface area contributed by atoms with E-state index in [9.17, 15) is 8.42 Å². The Hall–Kier alpha value is -4.91. The van der Waals surface area contributed by atoms with Gasteiger partial charge >= 0.3 is 0 Å². The van der Waals surface area contributed by atoms with Gasteiger partial charge in [-0.2, -0.15) is 0 Å². The zero-order valence-electron chi connectivity index (χ0n) is 33.4. The molecule has 2 atom stereocenters. The molecule has 6 rings (SSSR count). The minimum atomic E-state index is -4.08. The van der Waals surface area contributed by atoms with Crippen molar-refractivity contribution in [2.45, 2.75) is 89.3 Å². The third-order valence-corrected chi connectivity index (χ3v) is 17.9. The van der Waals surface area contributed by atoms with Gasteiger partial charge < -0.3 is 24.8 Å². The Kier molecular flexibility index (Phi) is 11.3. The molecule has 0 saturated heterocycles. The van der Waals surface area contributed by atoms with Crippen LogP contribution in [0.4, 0.5) is 20.4 Å². The van der Waals surface area contributed by atoms with Gasteiger partial charge in [-0.1, -0.05) is 59.6 Å². The number of methoxy groups -OCH3 is 1. The van der Waals surface area contributed by atoms with Gasteiger partial charge in [-0.05, 0) is 60.1 Å². The van der Waals surface area contributed by atoms with Crippen molar-refractivity contribution in [3.8, 4) is 34.4 Å². The molecule has 0 spiro atoms. The molecular weight excluding hydrogens is 755 g/mol. The lowest BCUT2D eigenvalue weighted by Gasteiger charge is -2.38. The molecule has 0 fully saturated rings. The van der Waals surface area contributed by atoms with Crippen LogP contribution in [-0.4, -0.2) is 69.2 Å². The number of nitrogens with zero attached hydrogens (tertiary/aromatic N) is 5. The lowest BCUT2D eigenvalue weighted by molar-refractivity contribution is 0.0512. The number of fused-ring (bicyclic) bond motifs is 1. The molecule has 5 aromatic rings. The van der Waals surface area contributed by atoms with Crippen LogP contribution < -0.4 is 20.1 Å². The van der Waals surface area contributed by atoms with Crippen molar-refractivity contribution < 1.29 is 31.4 Å². The molecule has 1 aliphatic heterocycles. The number of nitrogens with two attached hydrogens (primary N) is 1. The molecule has 0 aliphatic carbocycles. The van der Waals surface area contributed by atoms with Crippen molar-refractivity contribution in [3.05, 3.63) is 65.4 Å². The van der Waals surface area contributed by atoms with E-state index in [1.807, 2.05) is 19.9 Å². The number of anilines is 2. The van der Waals surface area contributed by atoms with Crippen molar-refractivity contribution >= 4 is 51.2 Å². The fourth-order valence-corrected chi connectivity index (χ4v) is 13.9. The Bertz CT molecular complexity index is 2480. The first-order chi connectivity index (χ1) is 26.4. The molecule has 1 aliphatic rings. The van der Waals surface area contributed by atoms with Crippen LogP contribution in [0.5, 0.6) is 11.6 Å². The highest BCUT2D eigenvalue weighted by molar-refractivity contribution is 7.90. The number of nitrogen functional groups attached to an aromatic ring is 1. The fraction of sp³-hybridized carbons (Fsp3) is 0.415. The van der Waals surface area contributed by atoms with E-state index in [4.69, 9.17) is 24.9 Å².